The molecule has 3 rings (SSSR count). The Morgan fingerprint density at radius 1 is 1.19 bits per heavy atom. The van der Waals surface area contributed by atoms with Crippen LogP contribution in [0.5, 0.6) is 0 Å². The van der Waals surface area contributed by atoms with E-state index in [4.69, 9.17) is 0 Å². The van der Waals surface area contributed by atoms with Crippen LogP contribution in [0.15, 0.2) is 24.3 Å². The van der Waals surface area contributed by atoms with Crippen molar-refractivity contribution in [3.05, 3.63) is 29.8 Å². The number of amides is 1. The maximum atomic E-state index is 12.6. The summed E-state index contributed by atoms with van der Waals surface area (Å²) in [5.41, 5.74) is 2.12. The molecule has 1 atom stereocenters. The highest BCUT2D eigenvalue weighted by Gasteiger charge is 2.35. The summed E-state index contributed by atoms with van der Waals surface area (Å²) >= 11 is 0. The lowest BCUT2D eigenvalue weighted by Gasteiger charge is -2.35. The van der Waals surface area contributed by atoms with Crippen LogP contribution in [0, 0.1) is 6.92 Å². The lowest BCUT2D eigenvalue weighted by atomic mass is 10.0. The molecule has 2 aliphatic heterocycles. The van der Waals surface area contributed by atoms with Crippen LogP contribution in [0.1, 0.15) is 31.2 Å². The van der Waals surface area contributed by atoms with Gasteiger partial charge >= 0.3 is 0 Å². The highest BCUT2D eigenvalue weighted by atomic mass is 16.2. The molecule has 0 bridgehead atoms. The number of carbonyl (C=O) groups is 1. The molecule has 0 radical (unpaired) electrons. The monoisotopic (exact) mass is 287 g/mol. The van der Waals surface area contributed by atoms with E-state index >= 15 is 0 Å². The second kappa shape index (κ2) is 6.58. The second-order valence-corrected chi connectivity index (χ2v) is 6.23. The van der Waals surface area contributed by atoms with Crippen molar-refractivity contribution in [1.82, 2.24) is 10.2 Å². The molecule has 0 saturated carbocycles. The van der Waals surface area contributed by atoms with Gasteiger partial charge in [-0.05, 0) is 64.4 Å². The Morgan fingerprint density at radius 3 is 2.62 bits per heavy atom. The molecule has 0 aliphatic carbocycles. The fraction of sp³-hybridized carbons (Fsp3) is 0.588. The van der Waals surface area contributed by atoms with Gasteiger partial charge in [0, 0.05) is 11.7 Å². The van der Waals surface area contributed by atoms with E-state index in [9.17, 15) is 4.79 Å². The zero-order chi connectivity index (χ0) is 14.7. The lowest BCUT2D eigenvalue weighted by molar-refractivity contribution is -0.121. The summed E-state index contributed by atoms with van der Waals surface area (Å²) in [7, 11) is 0. The van der Waals surface area contributed by atoms with Gasteiger partial charge in [-0.3, -0.25) is 9.69 Å². The fourth-order valence-corrected chi connectivity index (χ4v) is 3.51. The minimum absolute atomic E-state index is 0.0504. The molecule has 2 aliphatic rings. The number of hydrogen-bond donors (Lipinski definition) is 2. The standard InChI is InChI=1S/C17H25N3O/c1-13-4-6-14(7-5-13)19-17(21)16-3-2-12-20(16)15-8-10-18-11-9-15/h4-7,15-16,18H,2-3,8-12H2,1H3,(H,19,21). The molecule has 0 aromatic heterocycles. The van der Waals surface area contributed by atoms with Crippen LogP contribution in [0.3, 0.4) is 0 Å². The smallest absolute Gasteiger partial charge is 0.241 e. The van der Waals surface area contributed by atoms with Crippen LogP contribution in [-0.2, 0) is 4.79 Å². The van der Waals surface area contributed by atoms with Crippen LogP contribution in [0.4, 0.5) is 5.69 Å². The molecule has 114 valence electrons. The van der Waals surface area contributed by atoms with Crippen molar-refractivity contribution in [2.24, 2.45) is 0 Å². The van der Waals surface area contributed by atoms with Crippen molar-refractivity contribution < 1.29 is 4.79 Å². The molecule has 4 heteroatoms. The molecule has 0 spiro atoms. The zero-order valence-corrected chi connectivity index (χ0v) is 12.8. The first-order valence-corrected chi connectivity index (χ1v) is 8.08. The number of nitrogens with one attached hydrogen (secondary N) is 2. The summed E-state index contributed by atoms with van der Waals surface area (Å²) in [6, 6.07) is 8.66. The molecule has 2 N–H and O–H groups in total. The predicted octanol–water partition coefficient (Wildman–Crippen LogP) is 2.15. The first kappa shape index (κ1) is 14.5. The molecule has 2 saturated heterocycles. The number of rotatable bonds is 3. The van der Waals surface area contributed by atoms with Crippen molar-refractivity contribution in [2.45, 2.75) is 44.7 Å². The number of benzene rings is 1. The topological polar surface area (TPSA) is 44.4 Å². The van der Waals surface area contributed by atoms with Gasteiger partial charge < -0.3 is 10.6 Å². The van der Waals surface area contributed by atoms with Crippen molar-refractivity contribution >= 4 is 11.6 Å². The quantitative estimate of drug-likeness (QED) is 0.895. The average molecular weight is 287 g/mol. The van der Waals surface area contributed by atoms with Gasteiger partial charge in [0.2, 0.25) is 5.91 Å². The van der Waals surface area contributed by atoms with Gasteiger partial charge in [-0.2, -0.15) is 0 Å². The first-order valence-electron chi connectivity index (χ1n) is 8.08. The summed E-state index contributed by atoms with van der Waals surface area (Å²) in [5.74, 6) is 0.162. The number of hydrogen-bond acceptors (Lipinski definition) is 3. The summed E-state index contributed by atoms with van der Waals surface area (Å²) in [4.78, 5) is 15.0. The van der Waals surface area contributed by atoms with Crippen molar-refractivity contribution in [3.63, 3.8) is 0 Å². The van der Waals surface area contributed by atoms with Gasteiger partial charge in [0.05, 0.1) is 6.04 Å². The molecule has 2 fully saturated rings. The molecule has 1 aromatic rings. The summed E-state index contributed by atoms with van der Waals surface area (Å²) in [6.45, 7) is 5.28. The first-order chi connectivity index (χ1) is 10.2. The van der Waals surface area contributed by atoms with E-state index in [1.54, 1.807) is 0 Å². The van der Waals surface area contributed by atoms with Gasteiger partial charge in [-0.15, -0.1) is 0 Å². The molecular weight excluding hydrogens is 262 g/mol. The Bertz CT molecular complexity index is 479. The van der Waals surface area contributed by atoms with Gasteiger partial charge in [-0.25, -0.2) is 0 Å². The van der Waals surface area contributed by atoms with E-state index in [2.05, 4.69) is 22.5 Å². The molecule has 1 unspecified atom stereocenters. The molecule has 2 heterocycles. The molecule has 4 nitrogen and oxygen atoms in total. The second-order valence-electron chi connectivity index (χ2n) is 6.23. The molecule has 1 amide bonds. The number of likely N-dealkylation sites (tertiary alicyclic amines) is 1. The minimum atomic E-state index is 0.0504. The average Bonchev–Trinajstić information content (AvgIpc) is 3.00. The Balaban J connectivity index is 1.63. The Morgan fingerprint density at radius 2 is 1.90 bits per heavy atom. The predicted molar refractivity (Wildman–Crippen MR) is 85.4 cm³/mol. The lowest BCUT2D eigenvalue weighted by Crippen LogP contribution is -2.49. The maximum Gasteiger partial charge on any atom is 0.241 e. The van der Waals surface area contributed by atoms with E-state index in [1.807, 2.05) is 24.3 Å². The highest BCUT2D eigenvalue weighted by Crippen LogP contribution is 2.25. The van der Waals surface area contributed by atoms with Crippen LogP contribution >= 0.6 is 0 Å². The third-order valence-corrected chi connectivity index (χ3v) is 4.69. The SMILES string of the molecule is Cc1ccc(NC(=O)C2CCCN2C2CCNCC2)cc1. The molecule has 1 aromatic carbocycles. The molecule has 21 heavy (non-hydrogen) atoms. The van der Waals surface area contributed by atoms with Gasteiger partial charge in [0.1, 0.15) is 0 Å². The van der Waals surface area contributed by atoms with Gasteiger partial charge in [0.25, 0.3) is 0 Å². The van der Waals surface area contributed by atoms with E-state index in [-0.39, 0.29) is 11.9 Å². The third kappa shape index (κ3) is 3.44. The highest BCUT2D eigenvalue weighted by molar-refractivity contribution is 5.95. The summed E-state index contributed by atoms with van der Waals surface area (Å²) < 4.78 is 0. The van der Waals surface area contributed by atoms with Crippen molar-refractivity contribution in [1.29, 1.82) is 0 Å². The number of carbonyl (C=O) groups excluding carboxylic acids is 1. The van der Waals surface area contributed by atoms with Gasteiger partial charge in [0.15, 0.2) is 0 Å². The van der Waals surface area contributed by atoms with E-state index in [0.717, 1.165) is 51.0 Å². The Kier molecular flexibility index (Phi) is 4.56. The van der Waals surface area contributed by atoms with Crippen molar-refractivity contribution in [3.8, 4) is 0 Å². The van der Waals surface area contributed by atoms with E-state index in [1.165, 1.54) is 5.56 Å². The molecular formula is C17H25N3O. The van der Waals surface area contributed by atoms with E-state index in [0.29, 0.717) is 6.04 Å². The van der Waals surface area contributed by atoms with Crippen LogP contribution in [0.25, 0.3) is 0 Å². The summed E-state index contributed by atoms with van der Waals surface area (Å²) in [5, 5.41) is 6.48. The fourth-order valence-electron chi connectivity index (χ4n) is 3.51. The summed E-state index contributed by atoms with van der Waals surface area (Å²) in [6.07, 6.45) is 4.44. The number of nitrogens with zero attached hydrogens (tertiary/aromatic N) is 1. The van der Waals surface area contributed by atoms with E-state index < -0.39 is 0 Å². The largest absolute Gasteiger partial charge is 0.325 e. The van der Waals surface area contributed by atoms with Gasteiger partial charge in [-0.1, -0.05) is 17.7 Å². The zero-order valence-electron chi connectivity index (χ0n) is 12.8. The van der Waals surface area contributed by atoms with Crippen LogP contribution < -0.4 is 10.6 Å². The maximum absolute atomic E-state index is 12.6. The number of anilines is 1. The van der Waals surface area contributed by atoms with Crippen LogP contribution in [-0.4, -0.2) is 42.5 Å². The Labute approximate surface area is 126 Å². The minimum Gasteiger partial charge on any atom is -0.325 e. The van der Waals surface area contributed by atoms with Crippen molar-refractivity contribution in [2.75, 3.05) is 25.0 Å². The third-order valence-electron chi connectivity index (χ3n) is 4.69. The Hall–Kier alpha value is -1.39. The number of aryl methyl sites for hydroxylation is 1. The normalized spacial score (nSPS) is 24.1. The number of piperidine rings is 1. The van der Waals surface area contributed by atoms with Crippen LogP contribution in [0.2, 0.25) is 0 Å².